The summed E-state index contributed by atoms with van der Waals surface area (Å²) in [6, 6.07) is 12.4. The lowest BCUT2D eigenvalue weighted by molar-refractivity contribution is -0.124. The van der Waals surface area contributed by atoms with Gasteiger partial charge in [-0.25, -0.2) is 14.5 Å². The first-order chi connectivity index (χ1) is 16.0. The number of carbonyl (C=O) groups excluding carboxylic acids is 4. The molecule has 7 heteroatoms. The number of ether oxygens (including phenoxy) is 2. The summed E-state index contributed by atoms with van der Waals surface area (Å²) in [5.41, 5.74) is 0.958. The number of nitrogens with zero attached hydrogens (tertiary/aromatic N) is 1. The molecule has 2 amide bonds. The fourth-order valence-electron chi connectivity index (χ4n) is 5.93. The summed E-state index contributed by atoms with van der Waals surface area (Å²) in [4.78, 5) is 52.1. The molecule has 0 radical (unpaired) electrons. The Kier molecular flexibility index (Phi) is 4.30. The van der Waals surface area contributed by atoms with Crippen molar-refractivity contribution in [2.24, 2.45) is 35.5 Å². The Bertz CT molecular complexity index is 1200. The van der Waals surface area contributed by atoms with Crippen LogP contribution in [0.3, 0.4) is 0 Å². The summed E-state index contributed by atoms with van der Waals surface area (Å²) < 4.78 is 10.1. The minimum atomic E-state index is -0.623. The highest BCUT2D eigenvalue weighted by molar-refractivity contribution is 6.23. The van der Waals surface area contributed by atoms with Gasteiger partial charge in [-0.15, -0.1) is 0 Å². The molecular weight excluding hydrogens is 422 g/mol. The first-order valence-electron chi connectivity index (χ1n) is 11.0. The first kappa shape index (κ1) is 19.9. The number of hydrogen-bond acceptors (Lipinski definition) is 6. The maximum Gasteiger partial charge on any atom is 0.343 e. The monoisotopic (exact) mass is 443 g/mol. The molecule has 1 aliphatic heterocycles. The van der Waals surface area contributed by atoms with Crippen LogP contribution in [0.15, 0.2) is 60.7 Å². The van der Waals surface area contributed by atoms with Gasteiger partial charge in [0.15, 0.2) is 0 Å². The van der Waals surface area contributed by atoms with E-state index in [2.05, 4.69) is 16.9 Å². The number of methoxy groups -OCH3 is 1. The summed E-state index contributed by atoms with van der Waals surface area (Å²) in [7, 11) is 1.29. The molecule has 0 spiro atoms. The molecule has 0 aromatic heterocycles. The Labute approximate surface area is 190 Å². The zero-order chi connectivity index (χ0) is 22.9. The number of rotatable bonds is 4. The second kappa shape index (κ2) is 7.13. The van der Waals surface area contributed by atoms with E-state index >= 15 is 0 Å². The lowest BCUT2D eigenvalue weighted by Gasteiger charge is -2.37. The van der Waals surface area contributed by atoms with Gasteiger partial charge in [0.2, 0.25) is 11.8 Å². The van der Waals surface area contributed by atoms with Gasteiger partial charge < -0.3 is 9.47 Å². The minimum Gasteiger partial charge on any atom is -0.465 e. The van der Waals surface area contributed by atoms with E-state index in [1.54, 1.807) is 18.2 Å². The summed E-state index contributed by atoms with van der Waals surface area (Å²) >= 11 is 0. The van der Waals surface area contributed by atoms with Crippen LogP contribution >= 0.6 is 0 Å². The molecule has 33 heavy (non-hydrogen) atoms. The molecule has 2 aromatic carbocycles. The van der Waals surface area contributed by atoms with Crippen LogP contribution in [0.5, 0.6) is 5.75 Å². The Morgan fingerprint density at radius 3 is 2.09 bits per heavy atom. The zero-order valence-electron chi connectivity index (χ0n) is 17.8. The second-order valence-electron chi connectivity index (χ2n) is 9.12. The molecule has 1 heterocycles. The quantitative estimate of drug-likeness (QED) is 0.312. The third kappa shape index (κ3) is 2.95. The molecule has 5 aliphatic rings. The van der Waals surface area contributed by atoms with Crippen LogP contribution in [0.2, 0.25) is 0 Å². The smallest absolute Gasteiger partial charge is 0.343 e. The van der Waals surface area contributed by atoms with Gasteiger partial charge in [0.1, 0.15) is 5.75 Å². The summed E-state index contributed by atoms with van der Waals surface area (Å²) in [5, 5.41) is 0. The molecule has 0 unspecified atom stereocenters. The third-order valence-corrected chi connectivity index (χ3v) is 7.49. The molecule has 3 fully saturated rings. The molecule has 2 aromatic rings. The lowest BCUT2D eigenvalue weighted by Crippen LogP contribution is -2.40. The molecule has 4 aliphatic carbocycles. The highest BCUT2D eigenvalue weighted by Gasteiger charge is 2.67. The van der Waals surface area contributed by atoms with E-state index in [0.717, 1.165) is 6.42 Å². The van der Waals surface area contributed by atoms with Crippen LogP contribution in [0.1, 0.15) is 27.1 Å². The van der Waals surface area contributed by atoms with Crippen LogP contribution in [0.4, 0.5) is 5.69 Å². The van der Waals surface area contributed by atoms with Gasteiger partial charge in [0.25, 0.3) is 0 Å². The van der Waals surface area contributed by atoms with Crippen molar-refractivity contribution in [2.75, 3.05) is 12.0 Å². The Morgan fingerprint density at radius 1 is 0.848 bits per heavy atom. The normalized spacial score (nSPS) is 30.6. The van der Waals surface area contributed by atoms with E-state index in [9.17, 15) is 19.2 Å². The maximum absolute atomic E-state index is 13.3. The number of amides is 2. The zero-order valence-corrected chi connectivity index (χ0v) is 17.8. The van der Waals surface area contributed by atoms with Gasteiger partial charge in [-0.2, -0.15) is 0 Å². The van der Waals surface area contributed by atoms with Crippen molar-refractivity contribution in [3.05, 3.63) is 71.8 Å². The lowest BCUT2D eigenvalue weighted by atomic mass is 9.63. The van der Waals surface area contributed by atoms with Crippen molar-refractivity contribution < 1.29 is 28.7 Å². The fourth-order valence-corrected chi connectivity index (χ4v) is 5.93. The number of carbonyl (C=O) groups is 4. The van der Waals surface area contributed by atoms with Crippen molar-refractivity contribution in [2.45, 2.75) is 6.42 Å². The van der Waals surface area contributed by atoms with Crippen molar-refractivity contribution in [3.63, 3.8) is 0 Å². The van der Waals surface area contributed by atoms with Crippen molar-refractivity contribution in [1.29, 1.82) is 0 Å². The number of allylic oxidation sites excluding steroid dienone is 2. The van der Waals surface area contributed by atoms with Crippen molar-refractivity contribution in [1.82, 2.24) is 0 Å². The SMILES string of the molecule is COC(=O)c1ccc(OC(=O)c2cccc(N3C(=O)[C@@H]4[C@H]5C=C[C@H]([C@H]6C[C@H]56)[C@@H]4C3=O)c2)cc1. The number of esters is 2. The number of imide groups is 1. The fraction of sp³-hybridized carbons (Fsp3) is 0.308. The van der Waals surface area contributed by atoms with E-state index in [-0.39, 0.29) is 46.8 Å². The number of hydrogen-bond donors (Lipinski definition) is 0. The van der Waals surface area contributed by atoms with Gasteiger partial charge in [-0.3, -0.25) is 9.59 Å². The van der Waals surface area contributed by atoms with Crippen LogP contribution in [-0.2, 0) is 14.3 Å². The predicted molar refractivity (Wildman–Crippen MR) is 116 cm³/mol. The highest BCUT2D eigenvalue weighted by Crippen LogP contribution is 2.65. The average molecular weight is 443 g/mol. The molecule has 7 nitrogen and oxygen atoms in total. The molecule has 7 rings (SSSR count). The molecule has 6 atom stereocenters. The molecule has 2 saturated carbocycles. The summed E-state index contributed by atoms with van der Waals surface area (Å²) in [6.07, 6.45) is 5.37. The minimum absolute atomic E-state index is 0.146. The van der Waals surface area contributed by atoms with E-state index < -0.39 is 11.9 Å². The van der Waals surface area contributed by atoms with Crippen LogP contribution < -0.4 is 9.64 Å². The molecule has 166 valence electrons. The van der Waals surface area contributed by atoms with E-state index in [0.29, 0.717) is 23.1 Å². The first-order valence-corrected chi connectivity index (χ1v) is 11.0. The molecule has 1 saturated heterocycles. The van der Waals surface area contributed by atoms with Crippen molar-refractivity contribution >= 4 is 29.4 Å². The predicted octanol–water partition coefficient (Wildman–Crippen LogP) is 3.25. The Morgan fingerprint density at radius 2 is 1.48 bits per heavy atom. The number of anilines is 1. The molecule has 2 bridgehead atoms. The van der Waals surface area contributed by atoms with Gasteiger partial charge >= 0.3 is 11.9 Å². The standard InChI is InChI=1S/C26H21NO6/c1-32-25(30)13-5-7-16(8-6-13)33-26(31)14-3-2-4-15(11-14)27-23(28)21-17-9-10-18(20-12-19(17)20)22(21)24(27)29/h2-11,17-22H,12H2,1H3/t17-,18+,19-,20-,21+,22-/m1/s1. The van der Waals surface area contributed by atoms with E-state index in [1.165, 1.54) is 42.3 Å². The highest BCUT2D eigenvalue weighted by atomic mass is 16.5. The van der Waals surface area contributed by atoms with Crippen LogP contribution in [0, 0.1) is 35.5 Å². The van der Waals surface area contributed by atoms with Gasteiger partial charge in [0, 0.05) is 0 Å². The largest absolute Gasteiger partial charge is 0.465 e. The average Bonchev–Trinajstić information content (AvgIpc) is 3.62. The van der Waals surface area contributed by atoms with E-state index in [1.807, 2.05) is 0 Å². The Balaban J connectivity index is 1.23. The number of benzene rings is 2. The van der Waals surface area contributed by atoms with Gasteiger partial charge in [-0.05, 0) is 72.6 Å². The van der Waals surface area contributed by atoms with Gasteiger partial charge in [0.05, 0.1) is 35.8 Å². The second-order valence-corrected chi connectivity index (χ2v) is 9.12. The van der Waals surface area contributed by atoms with E-state index in [4.69, 9.17) is 4.74 Å². The van der Waals surface area contributed by atoms with Gasteiger partial charge in [-0.1, -0.05) is 18.2 Å². The third-order valence-electron chi connectivity index (χ3n) is 7.49. The van der Waals surface area contributed by atoms with Crippen molar-refractivity contribution in [3.8, 4) is 5.75 Å². The Hall–Kier alpha value is -3.74. The maximum atomic E-state index is 13.3. The molecule has 0 N–H and O–H groups in total. The summed E-state index contributed by atoms with van der Waals surface area (Å²) in [6.45, 7) is 0. The topological polar surface area (TPSA) is 90.0 Å². The molecular formula is C26H21NO6. The van der Waals surface area contributed by atoms with Crippen LogP contribution in [-0.4, -0.2) is 30.9 Å². The van der Waals surface area contributed by atoms with Crippen LogP contribution in [0.25, 0.3) is 0 Å². The summed E-state index contributed by atoms with van der Waals surface area (Å²) in [5.74, 6) is -0.407.